The Labute approximate surface area is 154 Å². The summed E-state index contributed by atoms with van der Waals surface area (Å²) in [5.74, 6) is 1.51. The Kier molecular flexibility index (Phi) is 4.78. The van der Waals surface area contributed by atoms with E-state index in [1.165, 1.54) is 11.1 Å². The molecule has 3 heterocycles. The highest BCUT2D eigenvalue weighted by molar-refractivity contribution is 5.74. The maximum Gasteiger partial charge on any atom is 0.317 e. The first-order chi connectivity index (χ1) is 12.7. The van der Waals surface area contributed by atoms with Crippen molar-refractivity contribution in [2.75, 3.05) is 19.7 Å². The van der Waals surface area contributed by atoms with E-state index in [-0.39, 0.29) is 12.1 Å². The van der Waals surface area contributed by atoms with E-state index in [9.17, 15) is 4.79 Å². The number of aryl methyl sites for hydroxylation is 1. The molecule has 4 rings (SSSR count). The molecular weight excluding hydrogens is 326 g/mol. The maximum atomic E-state index is 12.6. The Hall–Kier alpha value is -2.56. The minimum absolute atomic E-state index is 0.0304. The smallest absolute Gasteiger partial charge is 0.317 e. The number of hydrogen-bond donors (Lipinski definition) is 1. The first kappa shape index (κ1) is 16.9. The van der Waals surface area contributed by atoms with Crippen LogP contribution in [-0.2, 0) is 6.42 Å². The lowest BCUT2D eigenvalue weighted by Gasteiger charge is -2.34. The summed E-state index contributed by atoms with van der Waals surface area (Å²) in [6, 6.07) is 10.4. The molecule has 5 heteroatoms. The molecule has 2 aliphatic heterocycles. The largest absolute Gasteiger partial charge is 0.491 e. The second-order valence-electron chi connectivity index (χ2n) is 7.27. The highest BCUT2D eigenvalue weighted by Gasteiger charge is 2.27. The molecule has 1 aromatic heterocycles. The number of carbonyl (C=O) groups is 1. The van der Waals surface area contributed by atoms with E-state index >= 15 is 0 Å². The van der Waals surface area contributed by atoms with Gasteiger partial charge in [0.2, 0.25) is 0 Å². The van der Waals surface area contributed by atoms with Crippen molar-refractivity contribution in [1.29, 1.82) is 0 Å². The number of aromatic nitrogens is 1. The molecule has 2 amide bonds. The molecule has 0 radical (unpaired) electrons. The molecule has 1 fully saturated rings. The molecule has 26 heavy (non-hydrogen) atoms. The third kappa shape index (κ3) is 3.52. The fraction of sp³-hybridized carbons (Fsp3) is 0.429. The van der Waals surface area contributed by atoms with Crippen LogP contribution in [0.3, 0.4) is 0 Å². The number of para-hydroxylation sites is 1. The summed E-state index contributed by atoms with van der Waals surface area (Å²) in [5, 5.41) is 3.16. The van der Waals surface area contributed by atoms with Crippen molar-refractivity contribution in [3.05, 3.63) is 59.4 Å². The average Bonchev–Trinajstić information content (AvgIpc) is 2.69. The summed E-state index contributed by atoms with van der Waals surface area (Å²) in [5.41, 5.74) is 3.66. The van der Waals surface area contributed by atoms with Crippen molar-refractivity contribution >= 4 is 6.03 Å². The van der Waals surface area contributed by atoms with Gasteiger partial charge in [0.05, 0.1) is 6.04 Å². The first-order valence-electron chi connectivity index (χ1n) is 9.37. The number of hydrogen-bond acceptors (Lipinski definition) is 3. The summed E-state index contributed by atoms with van der Waals surface area (Å²) in [4.78, 5) is 18.7. The lowest BCUT2D eigenvalue weighted by molar-refractivity contribution is 0.167. The van der Waals surface area contributed by atoms with E-state index in [1.807, 2.05) is 23.4 Å². The summed E-state index contributed by atoms with van der Waals surface area (Å²) in [6.45, 7) is 4.19. The van der Waals surface area contributed by atoms with Crippen LogP contribution in [0.25, 0.3) is 0 Å². The van der Waals surface area contributed by atoms with Gasteiger partial charge in [0.15, 0.2) is 0 Å². The van der Waals surface area contributed by atoms with Gasteiger partial charge in [-0.3, -0.25) is 4.98 Å². The number of ether oxygens (including phenoxy) is 1. The number of carbonyl (C=O) groups excluding carboxylic acids is 1. The van der Waals surface area contributed by atoms with Gasteiger partial charge in [0, 0.05) is 25.5 Å². The first-order valence-corrected chi connectivity index (χ1v) is 9.37. The normalized spacial score (nSPS) is 20.2. The molecule has 0 aliphatic carbocycles. The van der Waals surface area contributed by atoms with Gasteiger partial charge in [-0.2, -0.15) is 0 Å². The predicted octanol–water partition coefficient (Wildman–Crippen LogP) is 3.28. The highest BCUT2D eigenvalue weighted by Crippen LogP contribution is 2.29. The highest BCUT2D eigenvalue weighted by atomic mass is 16.5. The van der Waals surface area contributed by atoms with E-state index in [0.29, 0.717) is 12.5 Å². The summed E-state index contributed by atoms with van der Waals surface area (Å²) >= 11 is 0. The number of rotatable bonds is 2. The molecule has 0 bridgehead atoms. The standard InChI is InChI=1S/C21H25N3O2/c1-15-3-2-4-18-13-19(14-26-20(15)18)23-21(25)24-11-7-17(8-12-24)16-5-9-22-10-6-16/h2-6,9-10,17,19H,7-8,11-14H2,1H3,(H,23,25). The van der Waals surface area contributed by atoms with Gasteiger partial charge >= 0.3 is 6.03 Å². The van der Waals surface area contributed by atoms with Crippen molar-refractivity contribution in [3.63, 3.8) is 0 Å². The molecule has 0 saturated carbocycles. The van der Waals surface area contributed by atoms with Crippen molar-refractivity contribution < 1.29 is 9.53 Å². The molecule has 136 valence electrons. The quantitative estimate of drug-likeness (QED) is 0.903. The van der Waals surface area contributed by atoms with Gasteiger partial charge in [-0.15, -0.1) is 0 Å². The van der Waals surface area contributed by atoms with Gasteiger partial charge in [-0.1, -0.05) is 18.2 Å². The van der Waals surface area contributed by atoms with Gasteiger partial charge in [-0.05, 0) is 60.9 Å². The van der Waals surface area contributed by atoms with Crippen LogP contribution < -0.4 is 10.1 Å². The number of nitrogens with zero attached hydrogens (tertiary/aromatic N) is 2. The number of benzene rings is 1. The lowest BCUT2D eigenvalue weighted by Crippen LogP contribution is -2.50. The van der Waals surface area contributed by atoms with Crippen LogP contribution in [0.5, 0.6) is 5.75 Å². The van der Waals surface area contributed by atoms with Crippen LogP contribution in [0.2, 0.25) is 0 Å². The lowest BCUT2D eigenvalue weighted by atomic mass is 9.90. The van der Waals surface area contributed by atoms with E-state index < -0.39 is 0 Å². The van der Waals surface area contributed by atoms with Gasteiger partial charge < -0.3 is 15.0 Å². The molecular formula is C21H25N3O2. The Bertz CT molecular complexity index is 770. The summed E-state index contributed by atoms with van der Waals surface area (Å²) in [7, 11) is 0. The average molecular weight is 351 g/mol. The monoisotopic (exact) mass is 351 g/mol. The Morgan fingerprint density at radius 2 is 1.96 bits per heavy atom. The zero-order valence-corrected chi connectivity index (χ0v) is 15.1. The third-order valence-electron chi connectivity index (χ3n) is 5.48. The van der Waals surface area contributed by atoms with E-state index in [2.05, 4.69) is 41.5 Å². The number of amides is 2. The van der Waals surface area contributed by atoms with E-state index in [4.69, 9.17) is 4.74 Å². The van der Waals surface area contributed by atoms with Crippen molar-refractivity contribution in [2.24, 2.45) is 0 Å². The Balaban J connectivity index is 1.31. The topological polar surface area (TPSA) is 54.5 Å². The zero-order chi connectivity index (χ0) is 17.9. The minimum atomic E-state index is 0.0304. The van der Waals surface area contributed by atoms with Crippen LogP contribution in [0, 0.1) is 6.92 Å². The number of pyridine rings is 1. The minimum Gasteiger partial charge on any atom is -0.491 e. The van der Waals surface area contributed by atoms with Crippen LogP contribution >= 0.6 is 0 Å². The molecule has 5 nitrogen and oxygen atoms in total. The number of piperidine rings is 1. The SMILES string of the molecule is Cc1cccc2c1OCC(NC(=O)N1CCC(c3ccncc3)CC1)C2. The predicted molar refractivity (Wildman–Crippen MR) is 100 cm³/mol. The number of likely N-dealkylation sites (tertiary alicyclic amines) is 1. The van der Waals surface area contributed by atoms with E-state index in [0.717, 1.165) is 43.7 Å². The van der Waals surface area contributed by atoms with Gasteiger partial charge in [-0.25, -0.2) is 4.79 Å². The Morgan fingerprint density at radius 3 is 2.73 bits per heavy atom. The van der Waals surface area contributed by atoms with Crippen LogP contribution in [0.1, 0.15) is 35.4 Å². The third-order valence-corrected chi connectivity index (χ3v) is 5.48. The second-order valence-corrected chi connectivity index (χ2v) is 7.27. The van der Waals surface area contributed by atoms with Crippen LogP contribution in [0.4, 0.5) is 4.79 Å². The van der Waals surface area contributed by atoms with Crippen molar-refractivity contribution in [1.82, 2.24) is 15.2 Å². The molecule has 1 saturated heterocycles. The molecule has 1 atom stereocenters. The fourth-order valence-corrected chi connectivity index (χ4v) is 4.00. The molecule has 0 spiro atoms. The fourth-order valence-electron chi connectivity index (χ4n) is 4.00. The molecule has 1 N–H and O–H groups in total. The zero-order valence-electron chi connectivity index (χ0n) is 15.1. The molecule has 2 aliphatic rings. The molecule has 2 aromatic rings. The summed E-state index contributed by atoms with van der Waals surface area (Å²) < 4.78 is 5.89. The van der Waals surface area contributed by atoms with E-state index in [1.54, 1.807) is 0 Å². The number of urea groups is 1. The second kappa shape index (κ2) is 7.36. The Morgan fingerprint density at radius 1 is 1.19 bits per heavy atom. The number of fused-ring (bicyclic) bond motifs is 1. The van der Waals surface area contributed by atoms with Gasteiger partial charge in [0.25, 0.3) is 0 Å². The maximum absolute atomic E-state index is 12.6. The number of nitrogens with one attached hydrogen (secondary N) is 1. The van der Waals surface area contributed by atoms with Crippen LogP contribution in [-0.4, -0.2) is 41.7 Å². The van der Waals surface area contributed by atoms with Crippen molar-refractivity contribution in [2.45, 2.75) is 38.1 Å². The molecule has 1 aromatic carbocycles. The van der Waals surface area contributed by atoms with Crippen LogP contribution in [0.15, 0.2) is 42.7 Å². The molecule has 1 unspecified atom stereocenters. The summed E-state index contributed by atoms with van der Waals surface area (Å²) in [6.07, 6.45) is 6.52. The van der Waals surface area contributed by atoms with Gasteiger partial charge in [0.1, 0.15) is 12.4 Å². The van der Waals surface area contributed by atoms with Crippen molar-refractivity contribution in [3.8, 4) is 5.75 Å².